The Balaban J connectivity index is 2.38. The van der Waals surface area contributed by atoms with Gasteiger partial charge >= 0.3 is 0 Å². The van der Waals surface area contributed by atoms with Crippen molar-refractivity contribution in [2.45, 2.75) is 20.4 Å². The van der Waals surface area contributed by atoms with Gasteiger partial charge in [-0.2, -0.15) is 0 Å². The molecule has 0 N–H and O–H groups in total. The third-order valence-corrected chi connectivity index (χ3v) is 3.04. The highest BCUT2D eigenvalue weighted by Gasteiger charge is 2.15. The predicted octanol–water partition coefficient (Wildman–Crippen LogP) is 2.63. The topological polar surface area (TPSA) is 47.8 Å². The van der Waals surface area contributed by atoms with Crippen LogP contribution in [0.5, 0.6) is 0 Å². The highest BCUT2D eigenvalue weighted by Crippen LogP contribution is 2.20. The number of rotatable bonds is 3. The van der Waals surface area contributed by atoms with Gasteiger partial charge in [-0.25, -0.2) is 9.07 Å². The SMILES string of the molecule is CC(=O)c1nnn(Cc2c(F)cccc2Cl)c1C. The summed E-state index contributed by atoms with van der Waals surface area (Å²) in [5.74, 6) is -0.569. The Bertz CT molecular complexity index is 589. The average molecular weight is 268 g/mol. The Labute approximate surface area is 108 Å². The van der Waals surface area contributed by atoms with Crippen LogP contribution in [0, 0.1) is 12.7 Å². The lowest BCUT2D eigenvalue weighted by Crippen LogP contribution is -2.07. The molecule has 1 heterocycles. The summed E-state index contributed by atoms with van der Waals surface area (Å²) in [5, 5.41) is 7.93. The Morgan fingerprint density at radius 2 is 2.22 bits per heavy atom. The maximum absolute atomic E-state index is 13.6. The second kappa shape index (κ2) is 4.86. The van der Waals surface area contributed by atoms with Crippen molar-refractivity contribution >= 4 is 17.4 Å². The summed E-state index contributed by atoms with van der Waals surface area (Å²) in [4.78, 5) is 11.2. The first-order valence-corrected chi connectivity index (χ1v) is 5.72. The molecule has 1 aromatic heterocycles. The molecule has 0 spiro atoms. The molecule has 4 nitrogen and oxygen atoms in total. The molecule has 2 aromatic rings. The van der Waals surface area contributed by atoms with Gasteiger partial charge in [0, 0.05) is 17.5 Å². The normalized spacial score (nSPS) is 10.7. The number of Topliss-reactive ketones (excluding diaryl/α,β-unsaturated/α-hetero) is 1. The zero-order chi connectivity index (χ0) is 13.3. The highest BCUT2D eigenvalue weighted by molar-refractivity contribution is 6.31. The molecular weight excluding hydrogens is 257 g/mol. The van der Waals surface area contributed by atoms with E-state index in [1.807, 2.05) is 0 Å². The van der Waals surface area contributed by atoms with E-state index in [2.05, 4.69) is 10.3 Å². The number of hydrogen-bond acceptors (Lipinski definition) is 3. The molecule has 0 amide bonds. The summed E-state index contributed by atoms with van der Waals surface area (Å²) in [6.45, 7) is 3.28. The lowest BCUT2D eigenvalue weighted by Gasteiger charge is -2.07. The minimum Gasteiger partial charge on any atom is -0.293 e. The summed E-state index contributed by atoms with van der Waals surface area (Å²) < 4.78 is 15.1. The first-order valence-electron chi connectivity index (χ1n) is 5.34. The molecule has 0 aliphatic heterocycles. The monoisotopic (exact) mass is 267 g/mol. The molecule has 0 aliphatic rings. The van der Waals surface area contributed by atoms with Crippen LogP contribution < -0.4 is 0 Å². The van der Waals surface area contributed by atoms with Crippen LogP contribution >= 0.6 is 11.6 Å². The summed E-state index contributed by atoms with van der Waals surface area (Å²) in [6.07, 6.45) is 0. The zero-order valence-corrected chi connectivity index (χ0v) is 10.7. The predicted molar refractivity (Wildman–Crippen MR) is 65.3 cm³/mol. The molecule has 0 aliphatic carbocycles. The average Bonchev–Trinajstić information content (AvgIpc) is 2.66. The van der Waals surface area contributed by atoms with Crippen LogP contribution in [0.1, 0.15) is 28.7 Å². The first-order chi connectivity index (χ1) is 8.50. The van der Waals surface area contributed by atoms with Crippen molar-refractivity contribution in [3.63, 3.8) is 0 Å². The fourth-order valence-corrected chi connectivity index (χ4v) is 1.89. The quantitative estimate of drug-likeness (QED) is 0.803. The van der Waals surface area contributed by atoms with Crippen molar-refractivity contribution in [3.8, 4) is 0 Å². The van der Waals surface area contributed by atoms with Gasteiger partial charge in [0.25, 0.3) is 0 Å². The van der Waals surface area contributed by atoms with Gasteiger partial charge in [-0.15, -0.1) is 5.10 Å². The summed E-state index contributed by atoms with van der Waals surface area (Å²) in [6, 6.07) is 4.48. The van der Waals surface area contributed by atoms with Gasteiger partial charge in [0.05, 0.1) is 12.2 Å². The van der Waals surface area contributed by atoms with Gasteiger partial charge in [0.1, 0.15) is 5.82 Å². The van der Waals surface area contributed by atoms with E-state index in [1.54, 1.807) is 13.0 Å². The lowest BCUT2D eigenvalue weighted by atomic mass is 10.2. The standard InChI is InChI=1S/C12H11ClFN3O/c1-7-12(8(2)18)15-16-17(7)6-9-10(13)4-3-5-11(9)14/h3-5H,6H2,1-2H3. The van der Waals surface area contributed by atoms with Crippen LogP contribution in [0.15, 0.2) is 18.2 Å². The minimum absolute atomic E-state index is 0.150. The van der Waals surface area contributed by atoms with E-state index in [0.29, 0.717) is 22.0 Å². The molecule has 0 saturated heterocycles. The van der Waals surface area contributed by atoms with E-state index < -0.39 is 5.82 Å². The number of hydrogen-bond donors (Lipinski definition) is 0. The van der Waals surface area contributed by atoms with Gasteiger partial charge in [-0.05, 0) is 19.1 Å². The molecular formula is C12H11ClFN3O. The van der Waals surface area contributed by atoms with Crippen LogP contribution in [0.4, 0.5) is 4.39 Å². The van der Waals surface area contributed by atoms with E-state index in [9.17, 15) is 9.18 Å². The van der Waals surface area contributed by atoms with Crippen LogP contribution in [0.25, 0.3) is 0 Å². The third kappa shape index (κ3) is 2.26. The second-order valence-corrected chi connectivity index (χ2v) is 4.34. The maximum Gasteiger partial charge on any atom is 0.181 e. The smallest absolute Gasteiger partial charge is 0.181 e. The molecule has 0 unspecified atom stereocenters. The number of halogens is 2. The summed E-state index contributed by atoms with van der Waals surface area (Å²) in [7, 11) is 0. The van der Waals surface area contributed by atoms with Crippen molar-refractivity contribution < 1.29 is 9.18 Å². The highest BCUT2D eigenvalue weighted by atomic mass is 35.5. The van der Waals surface area contributed by atoms with E-state index in [1.165, 1.54) is 23.7 Å². The number of benzene rings is 1. The Morgan fingerprint density at radius 3 is 2.78 bits per heavy atom. The van der Waals surface area contributed by atoms with Crippen molar-refractivity contribution in [2.75, 3.05) is 0 Å². The largest absolute Gasteiger partial charge is 0.293 e. The van der Waals surface area contributed by atoms with Gasteiger partial charge in [0.15, 0.2) is 11.5 Å². The van der Waals surface area contributed by atoms with Crippen LogP contribution in [0.3, 0.4) is 0 Å². The Morgan fingerprint density at radius 1 is 1.50 bits per heavy atom. The molecule has 0 radical (unpaired) electrons. The van der Waals surface area contributed by atoms with Gasteiger partial charge in [-0.3, -0.25) is 4.79 Å². The van der Waals surface area contributed by atoms with Crippen LogP contribution in [-0.2, 0) is 6.54 Å². The number of aromatic nitrogens is 3. The van der Waals surface area contributed by atoms with Crippen LogP contribution in [0.2, 0.25) is 5.02 Å². The maximum atomic E-state index is 13.6. The minimum atomic E-state index is -0.401. The number of nitrogens with zero attached hydrogens (tertiary/aromatic N) is 3. The van der Waals surface area contributed by atoms with Crippen molar-refractivity contribution in [2.24, 2.45) is 0 Å². The molecule has 6 heteroatoms. The Kier molecular flexibility index (Phi) is 3.43. The van der Waals surface area contributed by atoms with E-state index in [-0.39, 0.29) is 12.3 Å². The zero-order valence-electron chi connectivity index (χ0n) is 9.94. The number of carbonyl (C=O) groups excluding carboxylic acids is 1. The van der Waals surface area contributed by atoms with Crippen molar-refractivity contribution in [1.29, 1.82) is 0 Å². The van der Waals surface area contributed by atoms with E-state index >= 15 is 0 Å². The molecule has 2 rings (SSSR count). The summed E-state index contributed by atoms with van der Waals surface area (Å²) >= 11 is 5.93. The molecule has 0 bridgehead atoms. The molecule has 18 heavy (non-hydrogen) atoms. The fraction of sp³-hybridized carbons (Fsp3) is 0.250. The van der Waals surface area contributed by atoms with Gasteiger partial charge in [-0.1, -0.05) is 22.9 Å². The molecule has 1 aromatic carbocycles. The molecule has 0 atom stereocenters. The lowest BCUT2D eigenvalue weighted by molar-refractivity contribution is 0.101. The molecule has 94 valence electrons. The number of carbonyl (C=O) groups is 1. The second-order valence-electron chi connectivity index (χ2n) is 3.94. The van der Waals surface area contributed by atoms with Gasteiger partial charge < -0.3 is 0 Å². The van der Waals surface area contributed by atoms with Gasteiger partial charge in [0.2, 0.25) is 0 Å². The third-order valence-electron chi connectivity index (χ3n) is 2.69. The summed E-state index contributed by atoms with van der Waals surface area (Å²) in [5.41, 5.74) is 1.23. The van der Waals surface area contributed by atoms with Crippen LogP contribution in [-0.4, -0.2) is 20.8 Å². The Hall–Kier alpha value is -1.75. The van der Waals surface area contributed by atoms with E-state index in [0.717, 1.165) is 0 Å². The van der Waals surface area contributed by atoms with E-state index in [4.69, 9.17) is 11.6 Å². The van der Waals surface area contributed by atoms with Crippen molar-refractivity contribution in [3.05, 3.63) is 46.0 Å². The van der Waals surface area contributed by atoms with Crippen molar-refractivity contribution in [1.82, 2.24) is 15.0 Å². The fourth-order valence-electron chi connectivity index (χ4n) is 1.67. The first kappa shape index (κ1) is 12.7. The number of ketones is 1. The molecule has 0 saturated carbocycles. The molecule has 0 fully saturated rings.